The predicted octanol–water partition coefficient (Wildman–Crippen LogP) is 2.68. The van der Waals surface area contributed by atoms with Gasteiger partial charge >= 0.3 is 18.0 Å². The van der Waals surface area contributed by atoms with Crippen molar-refractivity contribution in [3.05, 3.63) is 35.9 Å². The minimum absolute atomic E-state index is 0.129. The average Bonchev–Trinajstić information content (AvgIpc) is 2.53. The molecule has 146 valence electrons. The van der Waals surface area contributed by atoms with Crippen LogP contribution in [0, 0.1) is 0 Å². The molecular weight excluding hydrogens is 348 g/mol. The van der Waals surface area contributed by atoms with Crippen molar-refractivity contribution in [2.75, 3.05) is 6.61 Å². The Bertz CT molecular complexity index is 601. The third-order valence-corrected chi connectivity index (χ3v) is 3.30. The van der Waals surface area contributed by atoms with Gasteiger partial charge in [-0.3, -0.25) is 0 Å². The molecule has 1 aromatic rings. The number of benzene rings is 1. The highest BCUT2D eigenvalue weighted by Crippen LogP contribution is 2.25. The van der Waals surface area contributed by atoms with Crippen molar-refractivity contribution in [3.63, 3.8) is 0 Å². The Morgan fingerprint density at radius 3 is 2.27 bits per heavy atom. The molecule has 0 aliphatic rings. The molecule has 6 nitrogen and oxygen atoms in total. The minimum Gasteiger partial charge on any atom is -0.461 e. The largest absolute Gasteiger partial charge is 0.461 e. The number of alkyl carbamates (subject to hydrolysis) is 1. The lowest BCUT2D eigenvalue weighted by Crippen LogP contribution is -2.56. The molecule has 1 rings (SSSR count). The number of aliphatic hydroxyl groups excluding tert-OH is 1. The van der Waals surface area contributed by atoms with Crippen LogP contribution in [0.1, 0.15) is 33.3 Å². The van der Waals surface area contributed by atoms with E-state index in [1.165, 1.54) is 6.92 Å². The van der Waals surface area contributed by atoms with Crippen molar-refractivity contribution in [1.82, 2.24) is 5.32 Å². The molecule has 0 spiro atoms. The second-order valence-corrected chi connectivity index (χ2v) is 6.73. The summed E-state index contributed by atoms with van der Waals surface area (Å²) in [6, 6.07) is 6.96. The molecule has 0 aliphatic heterocycles. The molecule has 26 heavy (non-hydrogen) atoms. The fraction of sp³-hybridized carbons (Fsp3) is 0.556. The van der Waals surface area contributed by atoms with Crippen LogP contribution < -0.4 is 5.32 Å². The van der Waals surface area contributed by atoms with Gasteiger partial charge in [0.05, 0.1) is 12.6 Å². The number of halogens is 2. The quantitative estimate of drug-likeness (QED) is 0.718. The first-order chi connectivity index (χ1) is 12.0. The number of hydrogen-bond acceptors (Lipinski definition) is 5. The molecule has 1 amide bonds. The van der Waals surface area contributed by atoms with Gasteiger partial charge in [0.1, 0.15) is 11.7 Å². The van der Waals surface area contributed by atoms with E-state index >= 15 is 0 Å². The van der Waals surface area contributed by atoms with Crippen LogP contribution >= 0.6 is 0 Å². The first-order valence-electron chi connectivity index (χ1n) is 8.24. The van der Waals surface area contributed by atoms with E-state index in [4.69, 9.17) is 4.74 Å². The van der Waals surface area contributed by atoms with Crippen LogP contribution in [0.2, 0.25) is 0 Å². The molecule has 0 saturated heterocycles. The maximum atomic E-state index is 14.2. The molecule has 8 heteroatoms. The van der Waals surface area contributed by atoms with Gasteiger partial charge in [0, 0.05) is 0 Å². The Morgan fingerprint density at radius 1 is 1.19 bits per heavy atom. The summed E-state index contributed by atoms with van der Waals surface area (Å²) in [6.07, 6.45) is -3.60. The predicted molar refractivity (Wildman–Crippen MR) is 90.9 cm³/mol. The van der Waals surface area contributed by atoms with Gasteiger partial charge in [-0.1, -0.05) is 30.3 Å². The average molecular weight is 373 g/mol. The molecule has 0 radical (unpaired) electrons. The summed E-state index contributed by atoms with van der Waals surface area (Å²) in [4.78, 5) is 23.5. The molecule has 0 bridgehead atoms. The van der Waals surface area contributed by atoms with Crippen LogP contribution in [0.3, 0.4) is 0 Å². The number of carbonyl (C=O) groups excluding carboxylic acids is 2. The zero-order valence-electron chi connectivity index (χ0n) is 15.3. The van der Waals surface area contributed by atoms with E-state index < -0.39 is 35.7 Å². The third-order valence-electron chi connectivity index (χ3n) is 3.30. The van der Waals surface area contributed by atoms with Crippen LogP contribution in [0.5, 0.6) is 0 Å². The zero-order valence-corrected chi connectivity index (χ0v) is 15.3. The van der Waals surface area contributed by atoms with Crippen LogP contribution in [0.15, 0.2) is 30.3 Å². The second-order valence-electron chi connectivity index (χ2n) is 6.73. The summed E-state index contributed by atoms with van der Waals surface area (Å²) in [5, 5.41) is 12.3. The van der Waals surface area contributed by atoms with Crippen molar-refractivity contribution in [3.8, 4) is 0 Å². The van der Waals surface area contributed by atoms with Gasteiger partial charge in [-0.05, 0) is 39.7 Å². The number of rotatable bonds is 7. The lowest BCUT2D eigenvalue weighted by atomic mass is 9.97. The van der Waals surface area contributed by atoms with E-state index in [0.29, 0.717) is 5.56 Å². The van der Waals surface area contributed by atoms with Crippen LogP contribution in [0.25, 0.3) is 0 Å². The molecule has 0 aliphatic carbocycles. The van der Waals surface area contributed by atoms with Crippen LogP contribution in [0.4, 0.5) is 13.6 Å². The number of ether oxygens (including phenoxy) is 2. The van der Waals surface area contributed by atoms with Crippen molar-refractivity contribution in [1.29, 1.82) is 0 Å². The molecule has 0 aromatic heterocycles. The van der Waals surface area contributed by atoms with Gasteiger partial charge in [-0.25, -0.2) is 9.59 Å². The zero-order chi connectivity index (χ0) is 20.0. The molecule has 0 fully saturated rings. The molecule has 2 N–H and O–H groups in total. The summed E-state index contributed by atoms with van der Waals surface area (Å²) < 4.78 is 37.8. The summed E-state index contributed by atoms with van der Waals surface area (Å²) in [5.41, 5.74) is -0.261. The third kappa shape index (κ3) is 6.59. The molecule has 0 saturated carbocycles. The van der Waals surface area contributed by atoms with Crippen molar-refractivity contribution in [2.45, 2.75) is 57.8 Å². The first kappa shape index (κ1) is 21.8. The van der Waals surface area contributed by atoms with E-state index in [1.54, 1.807) is 51.1 Å². The number of hydrogen-bond donors (Lipinski definition) is 2. The number of nitrogens with one attached hydrogen (secondary N) is 1. The lowest BCUT2D eigenvalue weighted by molar-refractivity contribution is -0.191. The Morgan fingerprint density at radius 2 is 1.77 bits per heavy atom. The van der Waals surface area contributed by atoms with E-state index in [1.807, 2.05) is 0 Å². The summed E-state index contributed by atoms with van der Waals surface area (Å²) in [6.45, 7) is 5.96. The number of alkyl halides is 2. The summed E-state index contributed by atoms with van der Waals surface area (Å²) in [5.74, 6) is -6.04. The number of amides is 1. The van der Waals surface area contributed by atoms with E-state index in [-0.39, 0.29) is 13.0 Å². The smallest absolute Gasteiger partial charge is 0.407 e. The van der Waals surface area contributed by atoms with Crippen LogP contribution in [-0.4, -0.2) is 47.4 Å². The fourth-order valence-electron chi connectivity index (χ4n) is 2.17. The standard InChI is InChI=1S/C18H25F2NO5/c1-5-25-15(23)18(19,20)14(22)13(11-12-9-7-6-8-10-12)21-16(24)26-17(2,3)4/h6-10,13-14,22H,5,11H2,1-4H3,(H,21,24)/t13-,14+/m0/s1. The van der Waals surface area contributed by atoms with Gasteiger partial charge in [-0.2, -0.15) is 8.78 Å². The SMILES string of the molecule is CCOC(=O)C(F)(F)[C@H](O)[C@H](Cc1ccccc1)NC(=O)OC(C)(C)C. The van der Waals surface area contributed by atoms with Crippen LogP contribution in [-0.2, 0) is 20.7 Å². The van der Waals surface area contributed by atoms with E-state index in [0.717, 1.165) is 0 Å². The van der Waals surface area contributed by atoms with E-state index in [2.05, 4.69) is 10.1 Å². The maximum Gasteiger partial charge on any atom is 0.407 e. The normalized spacial score (nSPS) is 14.3. The molecule has 1 aromatic carbocycles. The highest BCUT2D eigenvalue weighted by Gasteiger charge is 2.52. The van der Waals surface area contributed by atoms with Crippen molar-refractivity contribution >= 4 is 12.1 Å². The van der Waals surface area contributed by atoms with Crippen molar-refractivity contribution in [2.24, 2.45) is 0 Å². The Hall–Kier alpha value is -2.22. The summed E-state index contributed by atoms with van der Waals surface area (Å²) >= 11 is 0. The molecule has 2 atom stereocenters. The van der Waals surface area contributed by atoms with Gasteiger partial charge < -0.3 is 19.9 Å². The first-order valence-corrected chi connectivity index (χ1v) is 8.24. The van der Waals surface area contributed by atoms with Gasteiger partial charge in [0.2, 0.25) is 0 Å². The van der Waals surface area contributed by atoms with Gasteiger partial charge in [0.25, 0.3) is 0 Å². The second kappa shape index (κ2) is 8.93. The number of carbonyl (C=O) groups is 2. The van der Waals surface area contributed by atoms with Crippen molar-refractivity contribution < 1.29 is 33.0 Å². The number of esters is 1. The Labute approximate surface area is 151 Å². The topological polar surface area (TPSA) is 84.9 Å². The Balaban J connectivity index is 3.02. The summed E-state index contributed by atoms with van der Waals surface area (Å²) in [7, 11) is 0. The highest BCUT2D eigenvalue weighted by molar-refractivity contribution is 5.78. The maximum absolute atomic E-state index is 14.2. The molecule has 0 heterocycles. The number of aliphatic hydroxyl groups is 1. The van der Waals surface area contributed by atoms with Gasteiger partial charge in [-0.15, -0.1) is 0 Å². The lowest BCUT2D eigenvalue weighted by Gasteiger charge is -2.30. The van der Waals surface area contributed by atoms with E-state index in [9.17, 15) is 23.5 Å². The monoisotopic (exact) mass is 373 g/mol. The minimum atomic E-state index is -4.19. The highest BCUT2D eigenvalue weighted by atomic mass is 19.3. The molecule has 0 unspecified atom stereocenters. The van der Waals surface area contributed by atoms with Gasteiger partial charge in [0.15, 0.2) is 0 Å². The molecular formula is C18H25F2NO5. The fourth-order valence-corrected chi connectivity index (χ4v) is 2.17. The Kier molecular flexibility index (Phi) is 7.50.